The van der Waals surface area contributed by atoms with Crippen molar-refractivity contribution in [2.24, 2.45) is 0 Å². The van der Waals surface area contributed by atoms with Gasteiger partial charge in [-0.2, -0.15) is 0 Å². The third kappa shape index (κ3) is 3.24. The van der Waals surface area contributed by atoms with Gasteiger partial charge >= 0.3 is 5.97 Å². The van der Waals surface area contributed by atoms with Gasteiger partial charge in [-0.25, -0.2) is 4.79 Å². The van der Waals surface area contributed by atoms with Crippen LogP contribution in [0.25, 0.3) is 0 Å². The molecule has 1 heterocycles. The predicted molar refractivity (Wildman–Crippen MR) is 84.8 cm³/mol. The molecule has 0 radical (unpaired) electrons. The SMILES string of the molecule is O=C(O)C1COC2(CCCCC2)N1C(=O)CCc1ccccc1. The smallest absolute Gasteiger partial charge is 0.328 e. The van der Waals surface area contributed by atoms with Crippen molar-refractivity contribution in [2.45, 2.75) is 56.7 Å². The summed E-state index contributed by atoms with van der Waals surface area (Å²) in [6.07, 6.45) is 5.51. The van der Waals surface area contributed by atoms with Crippen LogP contribution in [0.5, 0.6) is 0 Å². The number of carboxylic acids is 1. The topological polar surface area (TPSA) is 66.8 Å². The van der Waals surface area contributed by atoms with Crippen molar-refractivity contribution in [3.63, 3.8) is 0 Å². The van der Waals surface area contributed by atoms with Crippen LogP contribution in [0.3, 0.4) is 0 Å². The molecule has 1 aliphatic carbocycles. The van der Waals surface area contributed by atoms with Gasteiger partial charge in [0.1, 0.15) is 5.72 Å². The van der Waals surface area contributed by atoms with Gasteiger partial charge in [0, 0.05) is 6.42 Å². The van der Waals surface area contributed by atoms with Crippen LogP contribution in [-0.4, -0.2) is 40.3 Å². The van der Waals surface area contributed by atoms with Crippen molar-refractivity contribution in [1.29, 1.82) is 0 Å². The van der Waals surface area contributed by atoms with E-state index in [1.807, 2.05) is 30.3 Å². The number of rotatable bonds is 4. The lowest BCUT2D eigenvalue weighted by molar-refractivity contribution is -0.163. The maximum absolute atomic E-state index is 12.8. The van der Waals surface area contributed by atoms with Crippen LogP contribution >= 0.6 is 0 Å². The Morgan fingerprint density at radius 1 is 1.17 bits per heavy atom. The van der Waals surface area contributed by atoms with Crippen LogP contribution < -0.4 is 0 Å². The summed E-state index contributed by atoms with van der Waals surface area (Å²) < 4.78 is 5.87. The zero-order valence-electron chi connectivity index (χ0n) is 13.2. The predicted octanol–water partition coefficient (Wildman–Crippen LogP) is 2.59. The minimum Gasteiger partial charge on any atom is -0.480 e. The highest BCUT2D eigenvalue weighted by Gasteiger charge is 2.52. The highest BCUT2D eigenvalue weighted by molar-refractivity contribution is 5.85. The van der Waals surface area contributed by atoms with E-state index >= 15 is 0 Å². The highest BCUT2D eigenvalue weighted by atomic mass is 16.5. The van der Waals surface area contributed by atoms with Gasteiger partial charge in [-0.1, -0.05) is 36.8 Å². The molecule has 0 bridgehead atoms. The average Bonchev–Trinajstić information content (AvgIpc) is 2.93. The summed E-state index contributed by atoms with van der Waals surface area (Å²) in [6, 6.07) is 8.95. The van der Waals surface area contributed by atoms with E-state index in [-0.39, 0.29) is 12.5 Å². The van der Waals surface area contributed by atoms with Crippen molar-refractivity contribution in [3.8, 4) is 0 Å². The Kier molecular flexibility index (Phi) is 4.66. The molecule has 1 aromatic rings. The molecule has 0 aromatic heterocycles. The third-order valence-electron chi connectivity index (χ3n) is 4.92. The molecule has 1 aliphatic heterocycles. The van der Waals surface area contributed by atoms with Gasteiger partial charge < -0.3 is 9.84 Å². The number of nitrogens with zero attached hydrogens (tertiary/aromatic N) is 1. The number of carboxylic acid groups (broad SMARTS) is 1. The second-order valence-corrected chi connectivity index (χ2v) is 6.42. The van der Waals surface area contributed by atoms with E-state index in [2.05, 4.69) is 0 Å². The zero-order chi connectivity index (χ0) is 16.3. The van der Waals surface area contributed by atoms with Gasteiger partial charge in [0.05, 0.1) is 6.61 Å². The van der Waals surface area contributed by atoms with Gasteiger partial charge in [0.2, 0.25) is 5.91 Å². The largest absolute Gasteiger partial charge is 0.480 e. The molecule has 1 spiro atoms. The standard InChI is InChI=1S/C18H23NO4/c20-16(10-9-14-7-3-1-4-8-14)19-15(17(21)22)13-23-18(19)11-5-2-6-12-18/h1,3-4,7-8,15H,2,5-6,9-13H2,(H,21,22). The Hall–Kier alpha value is -1.88. The van der Waals surface area contributed by atoms with E-state index in [9.17, 15) is 14.7 Å². The molecule has 1 N–H and O–H groups in total. The minimum atomic E-state index is -0.972. The van der Waals surface area contributed by atoms with E-state index in [1.165, 1.54) is 4.90 Å². The minimum absolute atomic E-state index is 0.104. The van der Waals surface area contributed by atoms with E-state index < -0.39 is 17.7 Å². The number of amides is 1. The summed E-state index contributed by atoms with van der Waals surface area (Å²) in [7, 11) is 0. The van der Waals surface area contributed by atoms with E-state index in [0.29, 0.717) is 12.8 Å². The molecule has 1 saturated heterocycles. The molecule has 1 saturated carbocycles. The summed E-state index contributed by atoms with van der Waals surface area (Å²) in [5, 5.41) is 9.46. The number of hydrogen-bond donors (Lipinski definition) is 1. The Labute approximate surface area is 136 Å². The Bertz CT molecular complexity index is 566. The fourth-order valence-electron chi connectivity index (χ4n) is 3.75. The van der Waals surface area contributed by atoms with Gasteiger partial charge in [-0.3, -0.25) is 9.69 Å². The maximum atomic E-state index is 12.8. The fourth-order valence-corrected chi connectivity index (χ4v) is 3.75. The first-order valence-electron chi connectivity index (χ1n) is 8.35. The summed E-state index contributed by atoms with van der Waals surface area (Å²) in [6.45, 7) is 0.104. The Morgan fingerprint density at radius 2 is 1.87 bits per heavy atom. The second kappa shape index (κ2) is 6.71. The molecule has 1 unspecified atom stereocenters. The summed E-state index contributed by atoms with van der Waals surface area (Å²) in [4.78, 5) is 25.9. The molecule has 1 atom stereocenters. The first kappa shape index (κ1) is 16.0. The van der Waals surface area contributed by atoms with Gasteiger partial charge in [0.15, 0.2) is 6.04 Å². The normalized spacial score (nSPS) is 23.1. The molecule has 2 fully saturated rings. The number of hydrogen-bond acceptors (Lipinski definition) is 3. The maximum Gasteiger partial charge on any atom is 0.328 e. The molecule has 5 heteroatoms. The lowest BCUT2D eigenvalue weighted by atomic mass is 9.89. The zero-order valence-corrected chi connectivity index (χ0v) is 13.2. The Balaban J connectivity index is 1.74. The quantitative estimate of drug-likeness (QED) is 0.927. The van der Waals surface area contributed by atoms with Crippen molar-refractivity contribution >= 4 is 11.9 Å². The summed E-state index contributed by atoms with van der Waals surface area (Å²) >= 11 is 0. The third-order valence-corrected chi connectivity index (χ3v) is 4.92. The fraction of sp³-hybridized carbons (Fsp3) is 0.556. The molecule has 1 aromatic carbocycles. The molecule has 23 heavy (non-hydrogen) atoms. The van der Waals surface area contributed by atoms with Gasteiger partial charge in [-0.05, 0) is 37.7 Å². The summed E-state index contributed by atoms with van der Waals surface area (Å²) in [5.41, 5.74) is 0.403. The van der Waals surface area contributed by atoms with Crippen LogP contribution in [0, 0.1) is 0 Å². The molecular formula is C18H23NO4. The lowest BCUT2D eigenvalue weighted by Crippen LogP contribution is -2.54. The lowest BCUT2D eigenvalue weighted by Gasteiger charge is -2.41. The molecule has 1 amide bonds. The number of aryl methyl sites for hydroxylation is 1. The molecule has 5 nitrogen and oxygen atoms in total. The highest BCUT2D eigenvalue weighted by Crippen LogP contribution is 2.40. The first-order valence-corrected chi connectivity index (χ1v) is 8.35. The number of aliphatic carboxylic acids is 1. The van der Waals surface area contributed by atoms with Crippen molar-refractivity contribution in [3.05, 3.63) is 35.9 Å². The number of carbonyl (C=O) groups is 2. The summed E-state index contributed by atoms with van der Waals surface area (Å²) in [5.74, 6) is -1.08. The van der Waals surface area contributed by atoms with E-state index in [0.717, 1.165) is 37.7 Å². The molecule has 2 aliphatic rings. The first-order chi connectivity index (χ1) is 11.1. The average molecular weight is 317 g/mol. The second-order valence-electron chi connectivity index (χ2n) is 6.42. The monoisotopic (exact) mass is 317 g/mol. The van der Waals surface area contributed by atoms with Crippen LogP contribution in [0.1, 0.15) is 44.1 Å². The van der Waals surface area contributed by atoms with Gasteiger partial charge in [0.25, 0.3) is 0 Å². The van der Waals surface area contributed by atoms with Gasteiger partial charge in [-0.15, -0.1) is 0 Å². The Morgan fingerprint density at radius 3 is 2.52 bits per heavy atom. The van der Waals surface area contributed by atoms with Crippen molar-refractivity contribution in [1.82, 2.24) is 4.90 Å². The number of benzene rings is 1. The van der Waals surface area contributed by atoms with Crippen molar-refractivity contribution < 1.29 is 19.4 Å². The van der Waals surface area contributed by atoms with E-state index in [1.54, 1.807) is 0 Å². The molecule has 124 valence electrons. The molecule has 3 rings (SSSR count). The van der Waals surface area contributed by atoms with Crippen LogP contribution in [0.2, 0.25) is 0 Å². The molecular weight excluding hydrogens is 294 g/mol. The van der Waals surface area contributed by atoms with Crippen LogP contribution in [0.4, 0.5) is 0 Å². The van der Waals surface area contributed by atoms with Crippen LogP contribution in [0.15, 0.2) is 30.3 Å². The van der Waals surface area contributed by atoms with E-state index in [4.69, 9.17) is 4.74 Å². The van der Waals surface area contributed by atoms with Crippen molar-refractivity contribution in [2.75, 3.05) is 6.61 Å². The number of ether oxygens (including phenoxy) is 1. The van der Waals surface area contributed by atoms with Crippen LogP contribution in [-0.2, 0) is 20.7 Å². The number of carbonyl (C=O) groups excluding carboxylic acids is 1.